The fourth-order valence-electron chi connectivity index (χ4n) is 3.20. The highest BCUT2D eigenvalue weighted by Gasteiger charge is 2.12. The molecule has 0 aliphatic rings. The molecule has 0 saturated carbocycles. The van der Waals surface area contributed by atoms with Crippen LogP contribution in [0.2, 0.25) is 0 Å². The molecule has 0 bridgehead atoms. The Morgan fingerprint density at radius 1 is 1.03 bits per heavy atom. The molecule has 3 aromatic rings. The van der Waals surface area contributed by atoms with Crippen LogP contribution in [-0.2, 0) is 17.8 Å². The number of ether oxygens (including phenoxy) is 2. The van der Waals surface area contributed by atoms with Crippen molar-refractivity contribution in [1.29, 1.82) is 0 Å². The zero-order valence-corrected chi connectivity index (χ0v) is 18.0. The summed E-state index contributed by atoms with van der Waals surface area (Å²) in [5, 5.41) is 0. The third kappa shape index (κ3) is 6.71. The summed E-state index contributed by atoms with van der Waals surface area (Å²) in [6.45, 7) is 3.62. The SMILES string of the molecule is CCOc1ccc(/C=C/C(=O)N(CCc2ccccn2)Cc2ccccc2)cc1OC. The first-order valence-corrected chi connectivity index (χ1v) is 10.4. The number of carbonyl (C=O) groups excluding carboxylic acids is 1. The van der Waals surface area contributed by atoms with Crippen LogP contribution in [0, 0.1) is 0 Å². The van der Waals surface area contributed by atoms with Crippen molar-refractivity contribution in [3.05, 3.63) is 95.8 Å². The summed E-state index contributed by atoms with van der Waals surface area (Å²) in [5.74, 6) is 1.29. The van der Waals surface area contributed by atoms with E-state index in [1.807, 2.05) is 78.6 Å². The maximum absolute atomic E-state index is 13.0. The van der Waals surface area contributed by atoms with Crippen LogP contribution in [-0.4, -0.2) is 36.1 Å². The molecular formula is C26H28N2O3. The molecule has 5 nitrogen and oxygen atoms in total. The van der Waals surface area contributed by atoms with Crippen molar-refractivity contribution in [2.24, 2.45) is 0 Å². The second-order valence-electron chi connectivity index (χ2n) is 6.99. The zero-order valence-electron chi connectivity index (χ0n) is 18.0. The lowest BCUT2D eigenvalue weighted by Crippen LogP contribution is -2.31. The van der Waals surface area contributed by atoms with Gasteiger partial charge in [-0.05, 0) is 48.4 Å². The highest BCUT2D eigenvalue weighted by Crippen LogP contribution is 2.28. The van der Waals surface area contributed by atoms with Crippen molar-refractivity contribution in [3.8, 4) is 11.5 Å². The number of hydrogen-bond donors (Lipinski definition) is 0. The van der Waals surface area contributed by atoms with Gasteiger partial charge in [0.2, 0.25) is 5.91 Å². The monoisotopic (exact) mass is 416 g/mol. The smallest absolute Gasteiger partial charge is 0.246 e. The van der Waals surface area contributed by atoms with Crippen molar-refractivity contribution < 1.29 is 14.3 Å². The average molecular weight is 417 g/mol. The number of pyridine rings is 1. The summed E-state index contributed by atoms with van der Waals surface area (Å²) in [5.41, 5.74) is 2.93. The molecule has 3 rings (SSSR count). The maximum atomic E-state index is 13.0. The molecular weight excluding hydrogens is 388 g/mol. The van der Waals surface area contributed by atoms with Crippen LogP contribution in [0.15, 0.2) is 79.0 Å². The van der Waals surface area contributed by atoms with Gasteiger partial charge >= 0.3 is 0 Å². The Balaban J connectivity index is 1.73. The molecule has 0 aliphatic carbocycles. The van der Waals surface area contributed by atoms with E-state index in [1.54, 1.807) is 25.5 Å². The molecule has 31 heavy (non-hydrogen) atoms. The van der Waals surface area contributed by atoms with Crippen molar-refractivity contribution in [2.45, 2.75) is 19.9 Å². The molecule has 2 aromatic carbocycles. The molecule has 0 aliphatic heterocycles. The number of benzene rings is 2. The van der Waals surface area contributed by atoms with Crippen LogP contribution >= 0.6 is 0 Å². The van der Waals surface area contributed by atoms with E-state index >= 15 is 0 Å². The van der Waals surface area contributed by atoms with Gasteiger partial charge in [-0.15, -0.1) is 0 Å². The van der Waals surface area contributed by atoms with Gasteiger partial charge in [-0.25, -0.2) is 0 Å². The molecule has 1 aromatic heterocycles. The van der Waals surface area contributed by atoms with Gasteiger partial charge in [-0.2, -0.15) is 0 Å². The lowest BCUT2D eigenvalue weighted by molar-refractivity contribution is -0.126. The van der Waals surface area contributed by atoms with Crippen molar-refractivity contribution in [1.82, 2.24) is 9.88 Å². The van der Waals surface area contributed by atoms with Gasteiger partial charge in [-0.3, -0.25) is 9.78 Å². The highest BCUT2D eigenvalue weighted by atomic mass is 16.5. The first-order valence-electron chi connectivity index (χ1n) is 10.4. The molecule has 0 spiro atoms. The predicted octanol–water partition coefficient (Wildman–Crippen LogP) is 4.77. The second kappa shape index (κ2) is 11.6. The fraction of sp³-hybridized carbons (Fsp3) is 0.231. The van der Waals surface area contributed by atoms with Crippen LogP contribution in [0.3, 0.4) is 0 Å². The van der Waals surface area contributed by atoms with E-state index in [9.17, 15) is 4.79 Å². The summed E-state index contributed by atoms with van der Waals surface area (Å²) >= 11 is 0. The Kier molecular flexibility index (Phi) is 8.23. The van der Waals surface area contributed by atoms with Crippen LogP contribution in [0.5, 0.6) is 11.5 Å². The van der Waals surface area contributed by atoms with Gasteiger partial charge in [0.15, 0.2) is 11.5 Å². The second-order valence-corrected chi connectivity index (χ2v) is 6.99. The van der Waals surface area contributed by atoms with Gasteiger partial charge < -0.3 is 14.4 Å². The van der Waals surface area contributed by atoms with Crippen LogP contribution in [0.25, 0.3) is 6.08 Å². The first-order chi connectivity index (χ1) is 15.2. The number of carbonyl (C=O) groups is 1. The Labute approximate surface area is 184 Å². The average Bonchev–Trinajstić information content (AvgIpc) is 2.82. The lowest BCUT2D eigenvalue weighted by atomic mass is 10.1. The standard InChI is InChI=1S/C26H28N2O3/c1-3-31-24-14-12-21(19-25(24)30-2)13-15-26(29)28(20-22-9-5-4-6-10-22)18-16-23-11-7-8-17-27-23/h4-15,17,19H,3,16,18,20H2,1-2H3/b15-13+. The van der Waals surface area contributed by atoms with Gasteiger partial charge in [0.25, 0.3) is 0 Å². The van der Waals surface area contributed by atoms with Crippen molar-refractivity contribution in [2.75, 3.05) is 20.3 Å². The highest BCUT2D eigenvalue weighted by molar-refractivity contribution is 5.91. The third-order valence-corrected chi connectivity index (χ3v) is 4.80. The molecule has 0 fully saturated rings. The Bertz CT molecular complexity index is 988. The number of rotatable bonds is 10. The minimum atomic E-state index is -0.0485. The lowest BCUT2D eigenvalue weighted by Gasteiger charge is -2.21. The molecule has 1 heterocycles. The fourth-order valence-corrected chi connectivity index (χ4v) is 3.20. The van der Waals surface area contributed by atoms with Crippen LogP contribution < -0.4 is 9.47 Å². The quantitative estimate of drug-likeness (QED) is 0.447. The van der Waals surface area contributed by atoms with Gasteiger partial charge in [0, 0.05) is 37.5 Å². The van der Waals surface area contributed by atoms with Gasteiger partial charge in [-0.1, -0.05) is 42.5 Å². The summed E-state index contributed by atoms with van der Waals surface area (Å²) in [4.78, 5) is 19.2. The number of hydrogen-bond acceptors (Lipinski definition) is 4. The van der Waals surface area contributed by atoms with E-state index in [0.29, 0.717) is 37.6 Å². The number of amides is 1. The minimum Gasteiger partial charge on any atom is -0.493 e. The molecule has 0 N–H and O–H groups in total. The van der Waals surface area contributed by atoms with Crippen LogP contribution in [0.4, 0.5) is 0 Å². The molecule has 160 valence electrons. The Morgan fingerprint density at radius 3 is 2.55 bits per heavy atom. The van der Waals surface area contributed by atoms with E-state index < -0.39 is 0 Å². The van der Waals surface area contributed by atoms with E-state index in [0.717, 1.165) is 16.8 Å². The molecule has 0 atom stereocenters. The third-order valence-electron chi connectivity index (χ3n) is 4.80. The molecule has 5 heteroatoms. The predicted molar refractivity (Wildman–Crippen MR) is 123 cm³/mol. The van der Waals surface area contributed by atoms with E-state index in [-0.39, 0.29) is 5.91 Å². The Morgan fingerprint density at radius 2 is 1.84 bits per heavy atom. The largest absolute Gasteiger partial charge is 0.493 e. The van der Waals surface area contributed by atoms with E-state index in [2.05, 4.69) is 4.98 Å². The minimum absolute atomic E-state index is 0.0485. The summed E-state index contributed by atoms with van der Waals surface area (Å²) < 4.78 is 11.0. The zero-order chi connectivity index (χ0) is 21.9. The Hall–Kier alpha value is -3.60. The topological polar surface area (TPSA) is 51.7 Å². The molecule has 1 amide bonds. The number of nitrogens with zero attached hydrogens (tertiary/aromatic N) is 2. The van der Waals surface area contributed by atoms with Gasteiger partial charge in [0.1, 0.15) is 0 Å². The van der Waals surface area contributed by atoms with Crippen molar-refractivity contribution in [3.63, 3.8) is 0 Å². The normalized spacial score (nSPS) is 10.8. The van der Waals surface area contributed by atoms with Gasteiger partial charge in [0.05, 0.1) is 13.7 Å². The van der Waals surface area contributed by atoms with Crippen molar-refractivity contribution >= 4 is 12.0 Å². The summed E-state index contributed by atoms with van der Waals surface area (Å²) in [6.07, 6.45) is 5.89. The first kappa shape index (κ1) is 22.1. The van der Waals surface area contributed by atoms with E-state index in [1.165, 1.54) is 0 Å². The number of aromatic nitrogens is 1. The summed E-state index contributed by atoms with van der Waals surface area (Å²) in [6, 6.07) is 21.5. The van der Waals surface area contributed by atoms with E-state index in [4.69, 9.17) is 9.47 Å². The number of methoxy groups -OCH3 is 1. The van der Waals surface area contributed by atoms with Crippen LogP contribution in [0.1, 0.15) is 23.7 Å². The molecule has 0 saturated heterocycles. The molecule has 0 unspecified atom stereocenters. The maximum Gasteiger partial charge on any atom is 0.246 e. The summed E-state index contributed by atoms with van der Waals surface area (Å²) in [7, 11) is 1.61. The molecule has 0 radical (unpaired) electrons.